The molecule has 2 aromatic rings. The topological polar surface area (TPSA) is 20.5 Å². The Kier molecular flexibility index (Phi) is 3.72. The van der Waals surface area contributed by atoms with E-state index in [0.29, 0.717) is 6.04 Å². The predicted molar refractivity (Wildman–Crippen MR) is 76.0 cm³/mol. The molecule has 4 heteroatoms. The van der Waals surface area contributed by atoms with Gasteiger partial charge in [0.15, 0.2) is 5.82 Å². The fraction of sp³-hybridized carbons (Fsp3) is 0.462. The first-order valence-corrected chi connectivity index (χ1v) is 7.09. The Balaban J connectivity index is 2.60. The van der Waals surface area contributed by atoms with Crippen LogP contribution in [0.5, 0.6) is 0 Å². The minimum atomic E-state index is 0.461. The molecule has 0 amide bonds. The van der Waals surface area contributed by atoms with Crippen LogP contribution in [0.2, 0.25) is 0 Å². The van der Waals surface area contributed by atoms with Gasteiger partial charge >= 0.3 is 0 Å². The van der Waals surface area contributed by atoms with Crippen LogP contribution in [-0.4, -0.2) is 22.0 Å². The van der Waals surface area contributed by atoms with Gasteiger partial charge in [-0.15, -0.1) is 0 Å². The van der Waals surface area contributed by atoms with Crippen molar-refractivity contribution in [1.82, 2.24) is 9.38 Å². The lowest BCUT2D eigenvalue weighted by atomic mass is 10.3. The lowest BCUT2D eigenvalue weighted by molar-refractivity contribution is 0.693. The molecule has 0 aliphatic heterocycles. The van der Waals surface area contributed by atoms with Crippen molar-refractivity contribution in [2.45, 2.75) is 32.1 Å². The van der Waals surface area contributed by atoms with Gasteiger partial charge in [0.1, 0.15) is 5.65 Å². The molecule has 0 atom stereocenters. The number of aromatic nitrogens is 2. The van der Waals surface area contributed by atoms with E-state index in [1.807, 2.05) is 18.2 Å². The van der Waals surface area contributed by atoms with Crippen molar-refractivity contribution in [3.63, 3.8) is 0 Å². The van der Waals surface area contributed by atoms with Gasteiger partial charge in [-0.1, -0.05) is 22.0 Å². The molecule has 2 rings (SSSR count). The first kappa shape index (κ1) is 12.4. The molecule has 0 aromatic carbocycles. The number of fused-ring (bicyclic) bond motifs is 1. The van der Waals surface area contributed by atoms with E-state index >= 15 is 0 Å². The van der Waals surface area contributed by atoms with Gasteiger partial charge in [0, 0.05) is 24.1 Å². The average molecular weight is 296 g/mol. The van der Waals surface area contributed by atoms with Crippen LogP contribution in [0.15, 0.2) is 24.4 Å². The first-order valence-electron chi connectivity index (χ1n) is 5.97. The molecule has 0 radical (unpaired) electrons. The summed E-state index contributed by atoms with van der Waals surface area (Å²) in [5.41, 5.74) is 2.23. The van der Waals surface area contributed by atoms with Gasteiger partial charge in [0.25, 0.3) is 0 Å². The second-order valence-corrected chi connectivity index (χ2v) is 4.89. The highest BCUT2D eigenvalue weighted by Crippen LogP contribution is 2.25. The van der Waals surface area contributed by atoms with Crippen molar-refractivity contribution in [1.29, 1.82) is 0 Å². The van der Waals surface area contributed by atoms with Gasteiger partial charge in [-0.05, 0) is 32.9 Å². The summed E-state index contributed by atoms with van der Waals surface area (Å²) < 4.78 is 2.15. The van der Waals surface area contributed by atoms with Gasteiger partial charge in [-0.3, -0.25) is 0 Å². The molecule has 0 N–H and O–H groups in total. The molecular formula is C13H18BrN3. The zero-order valence-electron chi connectivity index (χ0n) is 10.5. The SMILES string of the molecule is CCN(c1nc2ccccn2c1CBr)C(C)C. The maximum atomic E-state index is 4.73. The summed E-state index contributed by atoms with van der Waals surface area (Å²) in [5, 5.41) is 0.816. The number of anilines is 1. The largest absolute Gasteiger partial charge is 0.353 e. The standard InChI is InChI=1S/C13H18BrN3/c1-4-16(10(2)3)13-11(9-14)17-8-6-5-7-12(17)15-13/h5-8,10H,4,9H2,1-3H3. The lowest BCUT2D eigenvalue weighted by Crippen LogP contribution is -2.31. The van der Waals surface area contributed by atoms with E-state index < -0.39 is 0 Å². The molecular weight excluding hydrogens is 278 g/mol. The van der Waals surface area contributed by atoms with Crippen molar-refractivity contribution >= 4 is 27.4 Å². The van der Waals surface area contributed by atoms with Gasteiger partial charge < -0.3 is 9.30 Å². The molecule has 3 nitrogen and oxygen atoms in total. The minimum absolute atomic E-state index is 0.461. The lowest BCUT2D eigenvalue weighted by Gasteiger charge is -2.26. The van der Waals surface area contributed by atoms with Gasteiger partial charge in [-0.2, -0.15) is 0 Å². The summed E-state index contributed by atoms with van der Waals surface area (Å²) in [6.07, 6.45) is 2.07. The zero-order chi connectivity index (χ0) is 12.4. The van der Waals surface area contributed by atoms with Crippen LogP contribution in [0, 0.1) is 0 Å². The molecule has 0 saturated carbocycles. The molecule has 0 bridgehead atoms. The molecule has 0 aliphatic carbocycles. The summed E-state index contributed by atoms with van der Waals surface area (Å²) >= 11 is 3.57. The Bertz CT molecular complexity index is 504. The van der Waals surface area contributed by atoms with Crippen LogP contribution < -0.4 is 4.90 Å². The highest BCUT2D eigenvalue weighted by Gasteiger charge is 2.18. The van der Waals surface area contributed by atoms with E-state index in [9.17, 15) is 0 Å². The fourth-order valence-corrected chi connectivity index (χ4v) is 2.67. The van der Waals surface area contributed by atoms with Crippen molar-refractivity contribution in [3.8, 4) is 0 Å². The molecule has 2 heterocycles. The number of rotatable bonds is 4. The maximum Gasteiger partial charge on any atom is 0.152 e. The molecule has 92 valence electrons. The van der Waals surface area contributed by atoms with Crippen LogP contribution in [-0.2, 0) is 5.33 Å². The molecule has 0 aliphatic rings. The van der Waals surface area contributed by atoms with E-state index in [1.165, 1.54) is 5.69 Å². The quantitative estimate of drug-likeness (QED) is 0.805. The number of pyridine rings is 1. The molecule has 0 saturated heterocycles. The average Bonchev–Trinajstić information content (AvgIpc) is 2.67. The molecule has 0 fully saturated rings. The second-order valence-electron chi connectivity index (χ2n) is 4.32. The molecule has 0 spiro atoms. The summed E-state index contributed by atoms with van der Waals surface area (Å²) in [6.45, 7) is 7.54. The van der Waals surface area contributed by atoms with E-state index in [2.05, 4.69) is 52.2 Å². The van der Waals surface area contributed by atoms with E-state index in [1.54, 1.807) is 0 Å². The van der Waals surface area contributed by atoms with Crippen molar-refractivity contribution < 1.29 is 0 Å². The van der Waals surface area contributed by atoms with E-state index in [4.69, 9.17) is 4.98 Å². The van der Waals surface area contributed by atoms with Crippen LogP contribution in [0.25, 0.3) is 5.65 Å². The summed E-state index contributed by atoms with van der Waals surface area (Å²) in [6, 6.07) is 6.57. The Labute approximate surface area is 111 Å². The van der Waals surface area contributed by atoms with Crippen molar-refractivity contribution in [2.75, 3.05) is 11.4 Å². The summed E-state index contributed by atoms with van der Waals surface area (Å²) in [7, 11) is 0. The van der Waals surface area contributed by atoms with Crippen LogP contribution >= 0.6 is 15.9 Å². The Morgan fingerprint density at radius 1 is 1.41 bits per heavy atom. The first-order chi connectivity index (χ1) is 8.19. The minimum Gasteiger partial charge on any atom is -0.353 e. The smallest absolute Gasteiger partial charge is 0.152 e. The van der Waals surface area contributed by atoms with E-state index in [0.717, 1.165) is 23.3 Å². The number of hydrogen-bond donors (Lipinski definition) is 0. The van der Waals surface area contributed by atoms with Crippen molar-refractivity contribution in [2.24, 2.45) is 0 Å². The second kappa shape index (κ2) is 5.08. The van der Waals surface area contributed by atoms with Crippen molar-refractivity contribution in [3.05, 3.63) is 30.1 Å². The normalized spacial score (nSPS) is 11.4. The molecule has 2 aromatic heterocycles. The third kappa shape index (κ3) is 2.18. The van der Waals surface area contributed by atoms with Gasteiger partial charge in [0.05, 0.1) is 5.69 Å². The molecule has 17 heavy (non-hydrogen) atoms. The fourth-order valence-electron chi connectivity index (χ4n) is 2.15. The third-order valence-electron chi connectivity index (χ3n) is 2.97. The number of hydrogen-bond acceptors (Lipinski definition) is 2. The Morgan fingerprint density at radius 3 is 2.76 bits per heavy atom. The van der Waals surface area contributed by atoms with Crippen LogP contribution in [0.3, 0.4) is 0 Å². The number of halogens is 1. The number of imidazole rings is 1. The Morgan fingerprint density at radius 2 is 2.18 bits per heavy atom. The highest BCUT2D eigenvalue weighted by atomic mass is 79.9. The maximum absolute atomic E-state index is 4.73. The zero-order valence-corrected chi connectivity index (χ0v) is 12.1. The Hall–Kier alpha value is -1.03. The van der Waals surface area contributed by atoms with Gasteiger partial charge in [0.2, 0.25) is 0 Å². The third-order valence-corrected chi connectivity index (χ3v) is 3.50. The van der Waals surface area contributed by atoms with E-state index in [-0.39, 0.29) is 0 Å². The number of alkyl halides is 1. The molecule has 0 unspecified atom stereocenters. The van der Waals surface area contributed by atoms with Crippen LogP contribution in [0.1, 0.15) is 26.5 Å². The van der Waals surface area contributed by atoms with Gasteiger partial charge in [-0.25, -0.2) is 4.98 Å². The monoisotopic (exact) mass is 295 g/mol. The number of nitrogens with zero attached hydrogens (tertiary/aromatic N) is 3. The predicted octanol–water partition coefficient (Wildman–Crippen LogP) is 3.46. The summed E-state index contributed by atoms with van der Waals surface area (Å²) in [4.78, 5) is 7.06. The summed E-state index contributed by atoms with van der Waals surface area (Å²) in [5.74, 6) is 1.09. The van der Waals surface area contributed by atoms with Crippen LogP contribution in [0.4, 0.5) is 5.82 Å². The highest BCUT2D eigenvalue weighted by molar-refractivity contribution is 9.08.